The molecule has 0 fully saturated rings. The van der Waals surface area contributed by atoms with Crippen LogP contribution >= 0.6 is 11.8 Å². The van der Waals surface area contributed by atoms with Crippen LogP contribution in [0.15, 0.2) is 41.6 Å². The molecule has 0 saturated heterocycles. The number of hydrogen-bond acceptors (Lipinski definition) is 6. The van der Waals surface area contributed by atoms with Gasteiger partial charge in [0.1, 0.15) is 11.4 Å². The van der Waals surface area contributed by atoms with Crippen LogP contribution in [0.3, 0.4) is 0 Å². The van der Waals surface area contributed by atoms with Gasteiger partial charge in [0.25, 0.3) is 0 Å². The molecule has 0 radical (unpaired) electrons. The van der Waals surface area contributed by atoms with Gasteiger partial charge in [-0.1, -0.05) is 30.0 Å². The number of carbonyl (C=O) groups excluding carboxylic acids is 1. The molecule has 1 heterocycles. The van der Waals surface area contributed by atoms with Crippen molar-refractivity contribution in [2.24, 2.45) is 0 Å². The van der Waals surface area contributed by atoms with E-state index in [9.17, 15) is 4.79 Å². The lowest BCUT2D eigenvalue weighted by Gasteiger charge is -2.11. The molecule has 3 aromatic rings. The first kappa shape index (κ1) is 18.9. The number of nitrogens with one attached hydrogen (secondary N) is 1. The van der Waals surface area contributed by atoms with Crippen molar-refractivity contribution in [1.82, 2.24) is 20.2 Å². The van der Waals surface area contributed by atoms with E-state index in [-0.39, 0.29) is 11.7 Å². The van der Waals surface area contributed by atoms with E-state index in [0.717, 1.165) is 28.1 Å². The molecule has 8 heteroatoms. The molecule has 0 unspecified atom stereocenters. The van der Waals surface area contributed by atoms with Crippen molar-refractivity contribution in [2.75, 3.05) is 18.2 Å². The second-order valence-corrected chi connectivity index (χ2v) is 7.08. The van der Waals surface area contributed by atoms with Gasteiger partial charge in [-0.05, 0) is 66.1 Å². The molecule has 27 heavy (non-hydrogen) atoms. The van der Waals surface area contributed by atoms with E-state index in [1.807, 2.05) is 57.2 Å². The van der Waals surface area contributed by atoms with Crippen molar-refractivity contribution < 1.29 is 9.53 Å². The summed E-state index contributed by atoms with van der Waals surface area (Å²) in [5.74, 6) is 0.746. The number of thioether (sulfide) groups is 1. The quantitative estimate of drug-likeness (QED) is 0.658. The molecular weight excluding hydrogens is 362 g/mol. The average Bonchev–Trinajstić information content (AvgIpc) is 3.12. The molecule has 1 aromatic heterocycles. The van der Waals surface area contributed by atoms with Crippen molar-refractivity contribution in [3.63, 3.8) is 0 Å². The number of anilines is 1. The van der Waals surface area contributed by atoms with E-state index in [0.29, 0.717) is 10.9 Å². The Morgan fingerprint density at radius 1 is 1.22 bits per heavy atom. The summed E-state index contributed by atoms with van der Waals surface area (Å²) in [6.07, 6.45) is 0. The predicted octanol–water partition coefficient (Wildman–Crippen LogP) is 3.33. The molecule has 0 atom stereocenters. The Morgan fingerprint density at radius 3 is 2.81 bits per heavy atom. The van der Waals surface area contributed by atoms with Gasteiger partial charge in [-0.3, -0.25) is 4.79 Å². The first-order valence-electron chi connectivity index (χ1n) is 8.42. The molecule has 0 aliphatic rings. The number of hydrogen-bond donors (Lipinski definition) is 1. The number of methoxy groups -OCH3 is 1. The van der Waals surface area contributed by atoms with Crippen LogP contribution in [0.5, 0.6) is 5.75 Å². The van der Waals surface area contributed by atoms with Crippen LogP contribution in [0.2, 0.25) is 0 Å². The van der Waals surface area contributed by atoms with Crippen LogP contribution in [-0.4, -0.2) is 39.0 Å². The maximum Gasteiger partial charge on any atom is 0.234 e. The van der Waals surface area contributed by atoms with Crippen molar-refractivity contribution in [2.45, 2.75) is 25.9 Å². The fourth-order valence-corrected chi connectivity index (χ4v) is 3.27. The topological polar surface area (TPSA) is 81.9 Å². The van der Waals surface area contributed by atoms with Crippen LogP contribution in [0.1, 0.15) is 16.7 Å². The molecule has 0 aliphatic heterocycles. The van der Waals surface area contributed by atoms with Crippen LogP contribution in [0.4, 0.5) is 5.69 Å². The summed E-state index contributed by atoms with van der Waals surface area (Å²) in [5.41, 5.74) is 4.81. The fourth-order valence-electron chi connectivity index (χ4n) is 2.59. The maximum absolute atomic E-state index is 12.4. The van der Waals surface area contributed by atoms with Crippen LogP contribution in [0.25, 0.3) is 5.69 Å². The lowest BCUT2D eigenvalue weighted by Crippen LogP contribution is -2.15. The zero-order valence-electron chi connectivity index (χ0n) is 15.7. The van der Waals surface area contributed by atoms with Gasteiger partial charge in [0.2, 0.25) is 11.1 Å². The number of nitrogens with zero attached hydrogens (tertiary/aromatic N) is 4. The molecule has 0 saturated carbocycles. The highest BCUT2D eigenvalue weighted by Gasteiger charge is 2.15. The van der Waals surface area contributed by atoms with Gasteiger partial charge in [0.15, 0.2) is 0 Å². The molecule has 3 rings (SSSR count). The highest BCUT2D eigenvalue weighted by molar-refractivity contribution is 7.99. The minimum Gasteiger partial charge on any atom is -0.494 e. The Morgan fingerprint density at radius 2 is 2.04 bits per heavy atom. The van der Waals surface area contributed by atoms with Gasteiger partial charge in [-0.2, -0.15) is 4.68 Å². The molecule has 2 aromatic carbocycles. The Kier molecular flexibility index (Phi) is 5.75. The summed E-state index contributed by atoms with van der Waals surface area (Å²) >= 11 is 1.27. The number of aryl methyl sites for hydroxylation is 2. The molecule has 1 amide bonds. The number of aromatic nitrogens is 4. The standard InChI is InChI=1S/C19H21N5O2S/c1-12-8-9-17(26-4)16(10-12)24-19(21-22-23-24)27-11-18(25)20-15-7-5-6-13(2)14(15)3/h5-10H,11H2,1-4H3,(H,20,25). The van der Waals surface area contributed by atoms with E-state index in [4.69, 9.17) is 4.74 Å². The number of amides is 1. The van der Waals surface area contributed by atoms with Crippen molar-refractivity contribution >= 4 is 23.4 Å². The van der Waals surface area contributed by atoms with Gasteiger partial charge in [0.05, 0.1) is 12.9 Å². The summed E-state index contributed by atoms with van der Waals surface area (Å²) in [4.78, 5) is 12.4. The monoisotopic (exact) mass is 383 g/mol. The summed E-state index contributed by atoms with van der Waals surface area (Å²) in [5, 5.41) is 15.3. The van der Waals surface area contributed by atoms with Gasteiger partial charge in [-0.25, -0.2) is 0 Å². The Balaban J connectivity index is 1.73. The Hall–Kier alpha value is -2.87. The summed E-state index contributed by atoms with van der Waals surface area (Å²) < 4.78 is 6.99. The fraction of sp³-hybridized carbons (Fsp3) is 0.263. The van der Waals surface area contributed by atoms with Crippen LogP contribution in [-0.2, 0) is 4.79 Å². The van der Waals surface area contributed by atoms with E-state index in [1.54, 1.807) is 11.8 Å². The first-order valence-corrected chi connectivity index (χ1v) is 9.40. The molecular formula is C19H21N5O2S. The van der Waals surface area contributed by atoms with Crippen molar-refractivity contribution in [3.8, 4) is 11.4 Å². The summed E-state index contributed by atoms with van der Waals surface area (Å²) in [7, 11) is 1.60. The van der Waals surface area contributed by atoms with Crippen molar-refractivity contribution in [1.29, 1.82) is 0 Å². The van der Waals surface area contributed by atoms with Crippen LogP contribution in [0, 0.1) is 20.8 Å². The first-order chi connectivity index (χ1) is 13.0. The number of benzene rings is 2. The third-order valence-electron chi connectivity index (χ3n) is 4.21. The van der Waals surface area contributed by atoms with Gasteiger partial charge < -0.3 is 10.1 Å². The van der Waals surface area contributed by atoms with E-state index in [1.165, 1.54) is 11.8 Å². The Bertz CT molecular complexity index is 970. The van der Waals surface area contributed by atoms with Crippen molar-refractivity contribution in [3.05, 3.63) is 53.1 Å². The third kappa shape index (κ3) is 4.28. The maximum atomic E-state index is 12.4. The summed E-state index contributed by atoms with van der Waals surface area (Å²) in [6.45, 7) is 5.99. The lowest BCUT2D eigenvalue weighted by atomic mass is 10.1. The predicted molar refractivity (Wildman–Crippen MR) is 106 cm³/mol. The van der Waals surface area contributed by atoms with Crippen LogP contribution < -0.4 is 10.1 Å². The highest BCUT2D eigenvalue weighted by Crippen LogP contribution is 2.27. The molecule has 0 bridgehead atoms. The van der Waals surface area contributed by atoms with E-state index < -0.39 is 0 Å². The molecule has 0 aliphatic carbocycles. The zero-order valence-corrected chi connectivity index (χ0v) is 16.5. The summed E-state index contributed by atoms with van der Waals surface area (Å²) in [6, 6.07) is 11.6. The van der Waals surface area contributed by atoms with Gasteiger partial charge in [-0.15, -0.1) is 5.10 Å². The third-order valence-corrected chi connectivity index (χ3v) is 5.13. The normalized spacial score (nSPS) is 10.7. The highest BCUT2D eigenvalue weighted by atomic mass is 32.2. The number of tetrazole rings is 1. The molecule has 0 spiro atoms. The molecule has 140 valence electrons. The molecule has 1 N–H and O–H groups in total. The number of ether oxygens (including phenoxy) is 1. The minimum atomic E-state index is -0.112. The van der Waals surface area contributed by atoms with Gasteiger partial charge >= 0.3 is 0 Å². The smallest absolute Gasteiger partial charge is 0.234 e. The van der Waals surface area contributed by atoms with E-state index in [2.05, 4.69) is 20.8 Å². The lowest BCUT2D eigenvalue weighted by molar-refractivity contribution is -0.113. The Labute approximate surface area is 162 Å². The van der Waals surface area contributed by atoms with Gasteiger partial charge in [0, 0.05) is 5.69 Å². The molecule has 7 nitrogen and oxygen atoms in total. The average molecular weight is 383 g/mol. The largest absolute Gasteiger partial charge is 0.494 e. The number of carbonyl (C=O) groups is 1. The second kappa shape index (κ2) is 8.22. The second-order valence-electron chi connectivity index (χ2n) is 6.13. The SMILES string of the molecule is COc1ccc(C)cc1-n1nnnc1SCC(=O)Nc1cccc(C)c1C. The number of rotatable bonds is 6. The van der Waals surface area contributed by atoms with E-state index >= 15 is 0 Å². The minimum absolute atomic E-state index is 0.112. The zero-order chi connectivity index (χ0) is 19.4.